The van der Waals surface area contributed by atoms with E-state index < -0.39 is 4.92 Å². The lowest BCUT2D eigenvalue weighted by Crippen LogP contribution is -3.15. The molecular weight excluding hydrogens is 368 g/mol. The van der Waals surface area contributed by atoms with E-state index in [0.29, 0.717) is 29.8 Å². The van der Waals surface area contributed by atoms with Crippen LogP contribution in [0, 0.1) is 10.1 Å². The largest absolute Gasteiger partial charge is 0.332 e. The van der Waals surface area contributed by atoms with E-state index in [1.54, 1.807) is 11.8 Å². The van der Waals surface area contributed by atoms with Crippen LogP contribution in [0.5, 0.6) is 0 Å². The third-order valence-electron chi connectivity index (χ3n) is 3.76. The fraction of sp³-hybridized carbons (Fsp3) is 0.429. The number of benzene rings is 1. The van der Waals surface area contributed by atoms with Gasteiger partial charge in [0.15, 0.2) is 6.54 Å². The van der Waals surface area contributed by atoms with Gasteiger partial charge in [-0.15, -0.1) is 0 Å². The van der Waals surface area contributed by atoms with Crippen molar-refractivity contribution in [3.63, 3.8) is 0 Å². The third-order valence-corrected chi connectivity index (χ3v) is 4.42. The molecule has 0 spiro atoms. The number of hydrogen-bond acceptors (Lipinski definition) is 4. The molecule has 0 atom stereocenters. The SMILES string of the molecule is CC(=O)N1CC[NH+](CC(=O)Nc2ccc([N+](=O)[O-])cc2Br)CC1. The summed E-state index contributed by atoms with van der Waals surface area (Å²) in [6, 6.07) is 4.20. The van der Waals surface area contributed by atoms with E-state index in [-0.39, 0.29) is 17.5 Å². The molecule has 1 aromatic carbocycles. The molecule has 124 valence electrons. The highest BCUT2D eigenvalue weighted by molar-refractivity contribution is 9.10. The number of piperazine rings is 1. The molecule has 1 aliphatic heterocycles. The molecule has 0 radical (unpaired) electrons. The summed E-state index contributed by atoms with van der Waals surface area (Å²) in [5.41, 5.74) is 0.461. The summed E-state index contributed by atoms with van der Waals surface area (Å²) in [6.45, 7) is 4.61. The van der Waals surface area contributed by atoms with Crippen molar-refractivity contribution in [3.8, 4) is 0 Å². The van der Waals surface area contributed by atoms with Gasteiger partial charge in [-0.1, -0.05) is 0 Å². The van der Waals surface area contributed by atoms with E-state index in [9.17, 15) is 19.7 Å². The number of non-ortho nitro benzene ring substituents is 1. The number of nitrogens with zero attached hydrogens (tertiary/aromatic N) is 2. The number of carbonyl (C=O) groups excluding carboxylic acids is 2. The number of nitro benzene ring substituents is 1. The maximum absolute atomic E-state index is 12.1. The highest BCUT2D eigenvalue weighted by Gasteiger charge is 2.23. The van der Waals surface area contributed by atoms with Crippen LogP contribution in [0.1, 0.15) is 6.92 Å². The van der Waals surface area contributed by atoms with Gasteiger partial charge in [-0.05, 0) is 22.0 Å². The number of rotatable bonds is 4. The first kappa shape index (κ1) is 17.4. The molecule has 1 heterocycles. The van der Waals surface area contributed by atoms with Gasteiger partial charge in [0.2, 0.25) is 5.91 Å². The second kappa shape index (κ2) is 7.51. The summed E-state index contributed by atoms with van der Waals surface area (Å²) >= 11 is 3.22. The van der Waals surface area contributed by atoms with Gasteiger partial charge in [-0.25, -0.2) is 0 Å². The summed E-state index contributed by atoms with van der Waals surface area (Å²) in [7, 11) is 0. The summed E-state index contributed by atoms with van der Waals surface area (Å²) < 4.78 is 0.469. The highest BCUT2D eigenvalue weighted by Crippen LogP contribution is 2.26. The molecule has 0 bridgehead atoms. The molecule has 0 aliphatic carbocycles. The van der Waals surface area contributed by atoms with Crippen molar-refractivity contribution in [3.05, 3.63) is 32.8 Å². The Morgan fingerprint density at radius 2 is 2.04 bits per heavy atom. The standard InChI is InChI=1S/C14H17BrN4O4/c1-10(20)18-6-4-17(5-7-18)9-14(21)16-13-3-2-11(19(22)23)8-12(13)15/h2-3,8H,4-7,9H2,1H3,(H,16,21)/p+1. The van der Waals surface area contributed by atoms with Crippen LogP contribution in [0.15, 0.2) is 22.7 Å². The first-order valence-corrected chi connectivity index (χ1v) is 7.99. The molecule has 0 aromatic heterocycles. The number of carbonyl (C=O) groups is 2. The van der Waals surface area contributed by atoms with Crippen molar-refractivity contribution in [1.82, 2.24) is 4.90 Å². The number of nitro groups is 1. The van der Waals surface area contributed by atoms with Crippen LogP contribution in [0.25, 0.3) is 0 Å². The summed E-state index contributed by atoms with van der Waals surface area (Å²) in [4.78, 5) is 36.4. The quantitative estimate of drug-likeness (QED) is 0.564. The third kappa shape index (κ3) is 4.73. The fourth-order valence-corrected chi connectivity index (χ4v) is 2.92. The molecule has 1 aromatic rings. The second-order valence-electron chi connectivity index (χ2n) is 5.40. The molecule has 2 amide bonds. The molecule has 8 nitrogen and oxygen atoms in total. The van der Waals surface area contributed by atoms with E-state index in [1.807, 2.05) is 0 Å². The van der Waals surface area contributed by atoms with Crippen LogP contribution < -0.4 is 10.2 Å². The Labute approximate surface area is 141 Å². The predicted molar refractivity (Wildman–Crippen MR) is 87.2 cm³/mol. The van der Waals surface area contributed by atoms with Crippen LogP contribution in [0.3, 0.4) is 0 Å². The van der Waals surface area contributed by atoms with E-state index >= 15 is 0 Å². The van der Waals surface area contributed by atoms with Gasteiger partial charge in [-0.3, -0.25) is 19.7 Å². The molecule has 9 heteroatoms. The zero-order valence-electron chi connectivity index (χ0n) is 12.7. The Hall–Kier alpha value is -2.00. The Balaban J connectivity index is 1.88. The molecule has 0 saturated carbocycles. The number of halogens is 1. The minimum atomic E-state index is -0.491. The maximum Gasteiger partial charge on any atom is 0.279 e. The van der Waals surface area contributed by atoms with Crippen LogP contribution >= 0.6 is 15.9 Å². The monoisotopic (exact) mass is 385 g/mol. The average Bonchev–Trinajstić information content (AvgIpc) is 2.49. The summed E-state index contributed by atoms with van der Waals surface area (Å²) in [6.07, 6.45) is 0. The summed E-state index contributed by atoms with van der Waals surface area (Å²) in [5, 5.41) is 13.4. The Bertz CT molecular complexity index is 629. The van der Waals surface area contributed by atoms with Gasteiger partial charge in [0.1, 0.15) is 0 Å². The topological polar surface area (TPSA) is 97.0 Å². The number of amides is 2. The van der Waals surface area contributed by atoms with Crippen molar-refractivity contribution < 1.29 is 19.4 Å². The average molecular weight is 386 g/mol. The molecule has 0 unspecified atom stereocenters. The van der Waals surface area contributed by atoms with Crippen LogP contribution in [0.4, 0.5) is 11.4 Å². The lowest BCUT2D eigenvalue weighted by Gasteiger charge is -2.31. The van der Waals surface area contributed by atoms with Gasteiger partial charge < -0.3 is 15.1 Å². The second-order valence-corrected chi connectivity index (χ2v) is 6.26. The van der Waals surface area contributed by atoms with Crippen LogP contribution in [-0.4, -0.2) is 54.4 Å². The number of anilines is 1. The Morgan fingerprint density at radius 1 is 1.39 bits per heavy atom. The minimum Gasteiger partial charge on any atom is -0.332 e. The zero-order valence-corrected chi connectivity index (χ0v) is 14.3. The van der Waals surface area contributed by atoms with Crippen molar-refractivity contribution >= 4 is 39.1 Å². The van der Waals surface area contributed by atoms with Crippen LogP contribution in [-0.2, 0) is 9.59 Å². The number of hydrogen-bond donors (Lipinski definition) is 2. The molecule has 23 heavy (non-hydrogen) atoms. The molecular formula is C14H18BrN4O4+. The lowest BCUT2D eigenvalue weighted by molar-refractivity contribution is -0.895. The van der Waals surface area contributed by atoms with Gasteiger partial charge in [-0.2, -0.15) is 0 Å². The highest BCUT2D eigenvalue weighted by atomic mass is 79.9. The predicted octanol–water partition coefficient (Wildman–Crippen LogP) is 0.0428. The molecule has 1 fully saturated rings. The molecule has 1 aliphatic rings. The van der Waals surface area contributed by atoms with Crippen molar-refractivity contribution in [2.75, 3.05) is 38.0 Å². The van der Waals surface area contributed by atoms with Crippen LogP contribution in [0.2, 0.25) is 0 Å². The fourth-order valence-electron chi connectivity index (χ4n) is 2.46. The van der Waals surface area contributed by atoms with Gasteiger partial charge in [0.05, 0.1) is 36.8 Å². The van der Waals surface area contributed by atoms with Gasteiger partial charge >= 0.3 is 0 Å². The normalized spacial score (nSPS) is 15.3. The van der Waals surface area contributed by atoms with Gasteiger partial charge in [0, 0.05) is 23.5 Å². The van der Waals surface area contributed by atoms with E-state index in [0.717, 1.165) is 18.0 Å². The zero-order chi connectivity index (χ0) is 17.0. The van der Waals surface area contributed by atoms with E-state index in [2.05, 4.69) is 21.2 Å². The number of nitrogens with one attached hydrogen (secondary N) is 2. The Kier molecular flexibility index (Phi) is 5.67. The molecule has 1 saturated heterocycles. The van der Waals surface area contributed by atoms with Crippen molar-refractivity contribution in [1.29, 1.82) is 0 Å². The van der Waals surface area contributed by atoms with Crippen molar-refractivity contribution in [2.45, 2.75) is 6.92 Å². The van der Waals surface area contributed by atoms with E-state index in [1.165, 1.54) is 18.2 Å². The van der Waals surface area contributed by atoms with Gasteiger partial charge in [0.25, 0.3) is 11.6 Å². The smallest absolute Gasteiger partial charge is 0.279 e. The summed E-state index contributed by atoms with van der Waals surface area (Å²) in [5.74, 6) is -0.103. The maximum atomic E-state index is 12.1. The first-order valence-electron chi connectivity index (χ1n) is 7.19. The minimum absolute atomic E-state index is 0.0409. The van der Waals surface area contributed by atoms with Crippen molar-refractivity contribution in [2.24, 2.45) is 0 Å². The van der Waals surface area contributed by atoms with E-state index in [4.69, 9.17) is 0 Å². The molecule has 2 N–H and O–H groups in total. The first-order chi connectivity index (χ1) is 10.9. The molecule has 2 rings (SSSR count). The lowest BCUT2D eigenvalue weighted by atomic mass is 10.2. The Morgan fingerprint density at radius 3 is 2.57 bits per heavy atom. The number of quaternary nitrogens is 1.